The molecule has 0 spiro atoms. The molecule has 15 heavy (non-hydrogen) atoms. The number of hydrogen-bond acceptors (Lipinski definition) is 1. The van der Waals surface area contributed by atoms with Crippen LogP contribution in [0.15, 0.2) is 48.6 Å². The summed E-state index contributed by atoms with van der Waals surface area (Å²) in [7, 11) is 0. The second kappa shape index (κ2) is 5.13. The zero-order valence-electron chi connectivity index (χ0n) is 9.34. The Morgan fingerprint density at radius 2 is 1.20 bits per heavy atom. The molecule has 0 saturated carbocycles. The van der Waals surface area contributed by atoms with Gasteiger partial charge in [0.1, 0.15) is 0 Å². The van der Waals surface area contributed by atoms with Crippen molar-refractivity contribution in [1.82, 2.24) is 4.90 Å². The smallest absolute Gasteiger partial charge is 0.00804 e. The van der Waals surface area contributed by atoms with Gasteiger partial charge in [-0.05, 0) is 6.54 Å². The third-order valence-electron chi connectivity index (χ3n) is 3.04. The number of allylic oxidation sites excluding steroid dienone is 4. The minimum Gasteiger partial charge on any atom is -0.302 e. The van der Waals surface area contributed by atoms with Crippen molar-refractivity contribution in [2.24, 2.45) is 11.8 Å². The second-order valence-electron chi connectivity index (χ2n) is 4.22. The quantitative estimate of drug-likeness (QED) is 0.661. The van der Waals surface area contributed by atoms with E-state index < -0.39 is 0 Å². The third kappa shape index (κ3) is 2.93. The standard InChI is InChI=1S/C14H19N/c1-2-15(11-13-7-3-4-8-13)12-14-9-5-6-10-14/h3-10,13-14H,2,11-12H2,1H3. The number of nitrogens with zero attached hydrogens (tertiary/aromatic N) is 1. The fourth-order valence-corrected chi connectivity index (χ4v) is 2.13. The Morgan fingerprint density at radius 1 is 0.800 bits per heavy atom. The molecule has 0 N–H and O–H groups in total. The minimum atomic E-state index is 0.624. The molecule has 0 bridgehead atoms. The molecule has 1 nitrogen and oxygen atoms in total. The van der Waals surface area contributed by atoms with Gasteiger partial charge in [-0.2, -0.15) is 0 Å². The van der Waals surface area contributed by atoms with Crippen molar-refractivity contribution in [1.29, 1.82) is 0 Å². The topological polar surface area (TPSA) is 3.24 Å². The fraction of sp³-hybridized carbons (Fsp3) is 0.429. The van der Waals surface area contributed by atoms with Crippen LogP contribution in [0, 0.1) is 11.8 Å². The Labute approximate surface area is 92.5 Å². The zero-order valence-corrected chi connectivity index (χ0v) is 9.34. The van der Waals surface area contributed by atoms with Gasteiger partial charge in [0.15, 0.2) is 0 Å². The Morgan fingerprint density at radius 3 is 1.53 bits per heavy atom. The predicted molar refractivity (Wildman–Crippen MR) is 65.7 cm³/mol. The lowest BCUT2D eigenvalue weighted by Gasteiger charge is -2.24. The summed E-state index contributed by atoms with van der Waals surface area (Å²) in [5.74, 6) is 1.25. The van der Waals surface area contributed by atoms with E-state index in [0.29, 0.717) is 11.8 Å². The second-order valence-corrected chi connectivity index (χ2v) is 4.22. The molecule has 0 atom stereocenters. The van der Waals surface area contributed by atoms with Crippen LogP contribution in [-0.4, -0.2) is 24.5 Å². The summed E-state index contributed by atoms with van der Waals surface area (Å²) in [6.45, 7) is 5.68. The summed E-state index contributed by atoms with van der Waals surface area (Å²) < 4.78 is 0. The monoisotopic (exact) mass is 201 g/mol. The number of hydrogen-bond donors (Lipinski definition) is 0. The molecule has 0 radical (unpaired) electrons. The van der Waals surface area contributed by atoms with Gasteiger partial charge in [-0.15, -0.1) is 0 Å². The number of rotatable bonds is 5. The zero-order chi connectivity index (χ0) is 10.5. The van der Waals surface area contributed by atoms with Crippen LogP contribution < -0.4 is 0 Å². The van der Waals surface area contributed by atoms with Crippen LogP contribution in [0.1, 0.15) is 6.92 Å². The van der Waals surface area contributed by atoms with Gasteiger partial charge in [-0.1, -0.05) is 55.5 Å². The van der Waals surface area contributed by atoms with Crippen LogP contribution in [0.3, 0.4) is 0 Å². The van der Waals surface area contributed by atoms with Crippen molar-refractivity contribution in [3.05, 3.63) is 48.6 Å². The summed E-state index contributed by atoms with van der Waals surface area (Å²) in [6.07, 6.45) is 17.7. The van der Waals surface area contributed by atoms with Crippen molar-refractivity contribution >= 4 is 0 Å². The molecule has 0 amide bonds. The van der Waals surface area contributed by atoms with Gasteiger partial charge in [0.25, 0.3) is 0 Å². The van der Waals surface area contributed by atoms with Gasteiger partial charge in [0.2, 0.25) is 0 Å². The van der Waals surface area contributed by atoms with Gasteiger partial charge >= 0.3 is 0 Å². The van der Waals surface area contributed by atoms with Gasteiger partial charge < -0.3 is 4.90 Å². The van der Waals surface area contributed by atoms with Gasteiger partial charge in [0.05, 0.1) is 0 Å². The SMILES string of the molecule is CCN(CC1C=CC=C1)CC1C=CC=C1. The average molecular weight is 201 g/mol. The molecule has 0 unspecified atom stereocenters. The summed E-state index contributed by atoms with van der Waals surface area (Å²) in [5, 5.41) is 0. The van der Waals surface area contributed by atoms with Crippen molar-refractivity contribution in [2.45, 2.75) is 6.92 Å². The Kier molecular flexibility index (Phi) is 3.57. The first kappa shape index (κ1) is 10.4. The molecule has 2 aliphatic rings. The molecule has 0 fully saturated rings. The maximum atomic E-state index is 2.52. The van der Waals surface area contributed by atoms with E-state index in [4.69, 9.17) is 0 Å². The van der Waals surface area contributed by atoms with Crippen LogP contribution in [-0.2, 0) is 0 Å². The molecule has 2 aliphatic carbocycles. The van der Waals surface area contributed by atoms with Crippen LogP contribution in [0.25, 0.3) is 0 Å². The maximum absolute atomic E-state index is 2.52. The average Bonchev–Trinajstić information content (AvgIpc) is 2.89. The highest BCUT2D eigenvalue weighted by Gasteiger charge is 2.13. The van der Waals surface area contributed by atoms with Crippen LogP contribution in [0.4, 0.5) is 0 Å². The molecule has 0 aliphatic heterocycles. The molecular formula is C14H19N. The summed E-state index contributed by atoms with van der Waals surface area (Å²) >= 11 is 0. The summed E-state index contributed by atoms with van der Waals surface area (Å²) in [6, 6.07) is 0. The minimum absolute atomic E-state index is 0.624. The normalized spacial score (nSPS) is 20.1. The molecule has 0 saturated heterocycles. The Balaban J connectivity index is 1.81. The Hall–Kier alpha value is -1.08. The molecule has 1 heteroatoms. The van der Waals surface area contributed by atoms with Gasteiger partial charge in [-0.25, -0.2) is 0 Å². The van der Waals surface area contributed by atoms with E-state index >= 15 is 0 Å². The molecule has 0 aromatic rings. The van der Waals surface area contributed by atoms with E-state index in [2.05, 4.69) is 60.4 Å². The van der Waals surface area contributed by atoms with Crippen molar-refractivity contribution in [3.63, 3.8) is 0 Å². The van der Waals surface area contributed by atoms with E-state index in [1.165, 1.54) is 0 Å². The van der Waals surface area contributed by atoms with Crippen molar-refractivity contribution < 1.29 is 0 Å². The van der Waals surface area contributed by atoms with E-state index in [1.54, 1.807) is 0 Å². The highest BCUT2D eigenvalue weighted by Crippen LogP contribution is 2.15. The van der Waals surface area contributed by atoms with Crippen molar-refractivity contribution in [2.75, 3.05) is 19.6 Å². The first-order valence-corrected chi connectivity index (χ1v) is 5.81. The van der Waals surface area contributed by atoms with Gasteiger partial charge in [0, 0.05) is 24.9 Å². The first-order valence-electron chi connectivity index (χ1n) is 5.81. The first-order chi connectivity index (χ1) is 7.38. The van der Waals surface area contributed by atoms with E-state index in [9.17, 15) is 0 Å². The highest BCUT2D eigenvalue weighted by molar-refractivity contribution is 5.19. The van der Waals surface area contributed by atoms with Crippen molar-refractivity contribution in [3.8, 4) is 0 Å². The van der Waals surface area contributed by atoms with Crippen LogP contribution in [0.2, 0.25) is 0 Å². The third-order valence-corrected chi connectivity index (χ3v) is 3.04. The van der Waals surface area contributed by atoms with E-state index in [0.717, 1.165) is 19.6 Å². The maximum Gasteiger partial charge on any atom is 0.00804 e. The lowest BCUT2D eigenvalue weighted by atomic mass is 10.1. The summed E-state index contributed by atoms with van der Waals surface area (Å²) in [5.41, 5.74) is 0. The lowest BCUT2D eigenvalue weighted by molar-refractivity contribution is 0.263. The van der Waals surface area contributed by atoms with Gasteiger partial charge in [-0.3, -0.25) is 0 Å². The molecule has 2 rings (SSSR count). The van der Waals surface area contributed by atoms with E-state index in [1.807, 2.05) is 0 Å². The van der Waals surface area contributed by atoms with E-state index in [-0.39, 0.29) is 0 Å². The Bertz CT molecular complexity index is 255. The highest BCUT2D eigenvalue weighted by atomic mass is 15.1. The molecule has 80 valence electrons. The molecular weight excluding hydrogens is 182 g/mol. The van der Waals surface area contributed by atoms with Crippen LogP contribution in [0.5, 0.6) is 0 Å². The lowest BCUT2D eigenvalue weighted by Crippen LogP contribution is -2.31. The molecule has 0 aromatic carbocycles. The predicted octanol–water partition coefficient (Wildman–Crippen LogP) is 2.79. The summed E-state index contributed by atoms with van der Waals surface area (Å²) in [4.78, 5) is 2.52. The fourth-order valence-electron chi connectivity index (χ4n) is 2.13. The molecule has 0 heterocycles. The largest absolute Gasteiger partial charge is 0.302 e. The van der Waals surface area contributed by atoms with Crippen LogP contribution >= 0.6 is 0 Å². The molecule has 0 aromatic heterocycles.